The number of aromatic nitrogens is 1. The SMILES string of the molecule is COc1cccc([C@@H](C(=O)NC2CCCCC2)N(Cc2cccnc2)C(=O)[C@@H]2COc3ccccc3O2)c1. The van der Waals surface area contributed by atoms with E-state index in [4.69, 9.17) is 14.2 Å². The van der Waals surface area contributed by atoms with Crippen LogP contribution in [0.5, 0.6) is 17.2 Å². The number of para-hydroxylation sites is 2. The lowest BCUT2D eigenvalue weighted by molar-refractivity contribution is -0.149. The number of pyridine rings is 1. The maximum absolute atomic E-state index is 14.2. The molecule has 0 radical (unpaired) electrons. The Morgan fingerprint density at radius 1 is 1.05 bits per heavy atom. The summed E-state index contributed by atoms with van der Waals surface area (Å²) in [5.74, 6) is 1.14. The molecule has 1 aliphatic carbocycles. The average molecular weight is 516 g/mol. The number of amides is 2. The number of nitrogens with one attached hydrogen (secondary N) is 1. The molecule has 38 heavy (non-hydrogen) atoms. The zero-order chi connectivity index (χ0) is 26.3. The number of carbonyl (C=O) groups is 2. The molecule has 1 aromatic heterocycles. The van der Waals surface area contributed by atoms with Crippen molar-refractivity contribution < 1.29 is 23.8 Å². The van der Waals surface area contributed by atoms with Crippen LogP contribution in [-0.4, -0.2) is 47.6 Å². The fourth-order valence-corrected chi connectivity index (χ4v) is 5.12. The number of nitrogens with zero attached hydrogens (tertiary/aromatic N) is 2. The van der Waals surface area contributed by atoms with Crippen LogP contribution >= 0.6 is 0 Å². The minimum absolute atomic E-state index is 0.0501. The molecule has 2 aromatic carbocycles. The zero-order valence-electron chi connectivity index (χ0n) is 21.5. The van der Waals surface area contributed by atoms with Gasteiger partial charge in [0.05, 0.1) is 7.11 Å². The van der Waals surface area contributed by atoms with E-state index in [0.29, 0.717) is 22.8 Å². The maximum atomic E-state index is 14.2. The predicted molar refractivity (Wildman–Crippen MR) is 142 cm³/mol. The summed E-state index contributed by atoms with van der Waals surface area (Å²) in [5.41, 5.74) is 1.46. The van der Waals surface area contributed by atoms with E-state index in [1.54, 1.807) is 36.5 Å². The number of fused-ring (bicyclic) bond motifs is 1. The maximum Gasteiger partial charge on any atom is 0.268 e. The van der Waals surface area contributed by atoms with Gasteiger partial charge in [-0.3, -0.25) is 14.6 Å². The molecule has 8 heteroatoms. The van der Waals surface area contributed by atoms with E-state index >= 15 is 0 Å². The Morgan fingerprint density at radius 2 is 1.87 bits per heavy atom. The fraction of sp³-hybridized carbons (Fsp3) is 0.367. The van der Waals surface area contributed by atoms with Gasteiger partial charge >= 0.3 is 0 Å². The van der Waals surface area contributed by atoms with E-state index in [2.05, 4.69) is 10.3 Å². The van der Waals surface area contributed by atoms with Crippen molar-refractivity contribution in [2.75, 3.05) is 13.7 Å². The van der Waals surface area contributed by atoms with Crippen molar-refractivity contribution in [3.8, 4) is 17.2 Å². The predicted octanol–water partition coefficient (Wildman–Crippen LogP) is 4.45. The number of carbonyl (C=O) groups excluding carboxylic acids is 2. The number of hydrogen-bond acceptors (Lipinski definition) is 6. The lowest BCUT2D eigenvalue weighted by Crippen LogP contribution is -2.52. The van der Waals surface area contributed by atoms with Gasteiger partial charge in [-0.25, -0.2) is 0 Å². The second-order valence-corrected chi connectivity index (χ2v) is 9.71. The van der Waals surface area contributed by atoms with E-state index in [0.717, 1.165) is 31.2 Å². The molecular formula is C30H33N3O5. The number of rotatable bonds is 8. The summed E-state index contributed by atoms with van der Waals surface area (Å²) in [6.45, 7) is 0.225. The van der Waals surface area contributed by atoms with Crippen LogP contribution in [0.3, 0.4) is 0 Å². The molecule has 1 fully saturated rings. The van der Waals surface area contributed by atoms with Crippen molar-refractivity contribution in [2.45, 2.75) is 56.8 Å². The molecule has 0 unspecified atom stereocenters. The monoisotopic (exact) mass is 515 g/mol. The average Bonchev–Trinajstić information content (AvgIpc) is 2.97. The van der Waals surface area contributed by atoms with E-state index < -0.39 is 12.1 Å². The van der Waals surface area contributed by atoms with Gasteiger partial charge in [0.25, 0.3) is 5.91 Å². The summed E-state index contributed by atoms with van der Waals surface area (Å²) in [5, 5.41) is 3.23. The van der Waals surface area contributed by atoms with Crippen LogP contribution < -0.4 is 19.5 Å². The molecule has 0 bridgehead atoms. The molecule has 1 saturated carbocycles. The van der Waals surface area contributed by atoms with Gasteiger partial charge in [0.2, 0.25) is 12.0 Å². The van der Waals surface area contributed by atoms with Crippen molar-refractivity contribution in [3.05, 3.63) is 84.2 Å². The lowest BCUT2D eigenvalue weighted by atomic mass is 9.94. The largest absolute Gasteiger partial charge is 0.497 e. The number of ether oxygens (including phenoxy) is 3. The Labute approximate surface area is 222 Å². The quantitative estimate of drug-likeness (QED) is 0.477. The molecule has 8 nitrogen and oxygen atoms in total. The molecule has 0 spiro atoms. The first-order valence-corrected chi connectivity index (χ1v) is 13.1. The van der Waals surface area contributed by atoms with E-state index in [9.17, 15) is 9.59 Å². The van der Waals surface area contributed by atoms with Gasteiger partial charge in [-0.2, -0.15) is 0 Å². The highest BCUT2D eigenvalue weighted by molar-refractivity contribution is 5.91. The molecule has 2 aliphatic rings. The molecule has 3 aromatic rings. The summed E-state index contributed by atoms with van der Waals surface area (Å²) in [7, 11) is 1.58. The van der Waals surface area contributed by atoms with Gasteiger partial charge in [-0.05, 0) is 54.3 Å². The van der Waals surface area contributed by atoms with E-state index in [-0.39, 0.29) is 31.0 Å². The second kappa shape index (κ2) is 12.0. The van der Waals surface area contributed by atoms with Crippen LogP contribution in [0.4, 0.5) is 0 Å². The van der Waals surface area contributed by atoms with Crippen LogP contribution in [0.25, 0.3) is 0 Å². The third kappa shape index (κ3) is 5.90. The molecule has 0 saturated heterocycles. The summed E-state index contributed by atoms with van der Waals surface area (Å²) in [4.78, 5) is 34.0. The molecule has 2 heterocycles. The van der Waals surface area contributed by atoms with Crippen molar-refractivity contribution in [3.63, 3.8) is 0 Å². The first-order chi connectivity index (χ1) is 18.6. The fourth-order valence-electron chi connectivity index (χ4n) is 5.12. The highest BCUT2D eigenvalue weighted by Crippen LogP contribution is 2.34. The number of hydrogen-bond donors (Lipinski definition) is 1. The van der Waals surface area contributed by atoms with Crippen LogP contribution in [-0.2, 0) is 16.1 Å². The van der Waals surface area contributed by atoms with Gasteiger partial charge in [-0.1, -0.05) is 49.6 Å². The summed E-state index contributed by atoms with van der Waals surface area (Å²) in [6.07, 6.45) is 7.69. The molecule has 2 amide bonds. The Bertz CT molecular complexity index is 1250. The normalized spacial score (nSPS) is 17.8. The molecule has 5 rings (SSSR count). The zero-order valence-corrected chi connectivity index (χ0v) is 21.5. The Balaban J connectivity index is 1.51. The highest BCUT2D eigenvalue weighted by atomic mass is 16.6. The standard InChI is InChI=1S/C30H33N3O5/c1-36-24-13-7-10-22(17-24)28(29(34)32-23-11-3-2-4-12-23)33(19-21-9-8-16-31-18-21)30(35)27-20-37-25-14-5-6-15-26(25)38-27/h5-10,13-18,23,27-28H,2-4,11-12,19-20H2,1H3,(H,32,34)/t27-,28-/m0/s1. The second-order valence-electron chi connectivity index (χ2n) is 9.71. The van der Waals surface area contributed by atoms with Crippen LogP contribution in [0.2, 0.25) is 0 Å². The summed E-state index contributed by atoms with van der Waals surface area (Å²) in [6, 6.07) is 17.5. The van der Waals surface area contributed by atoms with E-state index in [1.165, 1.54) is 6.42 Å². The van der Waals surface area contributed by atoms with Crippen LogP contribution in [0.15, 0.2) is 73.1 Å². The minimum atomic E-state index is -0.905. The van der Waals surface area contributed by atoms with Gasteiger partial charge < -0.3 is 24.4 Å². The Hall–Kier alpha value is -4.07. The number of benzene rings is 2. The van der Waals surface area contributed by atoms with Crippen LogP contribution in [0.1, 0.15) is 49.3 Å². The van der Waals surface area contributed by atoms with Crippen molar-refractivity contribution in [1.82, 2.24) is 15.2 Å². The Morgan fingerprint density at radius 3 is 2.63 bits per heavy atom. The molecule has 198 valence electrons. The van der Waals surface area contributed by atoms with Crippen molar-refractivity contribution in [2.24, 2.45) is 0 Å². The summed E-state index contributed by atoms with van der Waals surface area (Å²) >= 11 is 0. The van der Waals surface area contributed by atoms with Gasteiger partial charge in [0.1, 0.15) is 18.4 Å². The third-order valence-electron chi connectivity index (χ3n) is 7.06. The van der Waals surface area contributed by atoms with Crippen molar-refractivity contribution >= 4 is 11.8 Å². The van der Waals surface area contributed by atoms with Gasteiger partial charge in [0.15, 0.2) is 11.5 Å². The first kappa shape index (κ1) is 25.6. The topological polar surface area (TPSA) is 90.0 Å². The van der Waals surface area contributed by atoms with Crippen molar-refractivity contribution in [1.29, 1.82) is 0 Å². The first-order valence-electron chi connectivity index (χ1n) is 13.1. The molecular weight excluding hydrogens is 482 g/mol. The minimum Gasteiger partial charge on any atom is -0.497 e. The van der Waals surface area contributed by atoms with E-state index in [1.807, 2.05) is 48.5 Å². The highest BCUT2D eigenvalue weighted by Gasteiger charge is 2.39. The van der Waals surface area contributed by atoms with Gasteiger partial charge in [0, 0.05) is 25.0 Å². The van der Waals surface area contributed by atoms with Gasteiger partial charge in [-0.15, -0.1) is 0 Å². The summed E-state index contributed by atoms with van der Waals surface area (Å²) < 4.78 is 17.4. The lowest BCUT2D eigenvalue weighted by Gasteiger charge is -2.36. The molecule has 1 N–H and O–H groups in total. The third-order valence-corrected chi connectivity index (χ3v) is 7.06. The van der Waals surface area contributed by atoms with Crippen LogP contribution in [0, 0.1) is 0 Å². The number of methoxy groups -OCH3 is 1. The smallest absolute Gasteiger partial charge is 0.268 e. The molecule has 2 atom stereocenters. The molecule has 1 aliphatic heterocycles. The Kier molecular flexibility index (Phi) is 8.06.